The van der Waals surface area contributed by atoms with Crippen LogP contribution in [0.4, 0.5) is 0 Å². The van der Waals surface area contributed by atoms with Crippen molar-refractivity contribution in [1.82, 2.24) is 0 Å². The molecule has 1 aliphatic rings. The quantitative estimate of drug-likeness (QED) is 0.124. The molecule has 0 saturated heterocycles. The molecule has 0 N–H and O–H groups in total. The molecule has 0 unspecified atom stereocenters. The maximum Gasteiger partial charge on any atom is 0.211 e. The van der Waals surface area contributed by atoms with Gasteiger partial charge in [0.1, 0.15) is 0 Å². The monoisotopic (exact) mass is 562 g/mol. The Hall–Kier alpha value is -1.82. The smallest absolute Gasteiger partial charge is 0.211 e. The van der Waals surface area contributed by atoms with Crippen molar-refractivity contribution in [1.29, 1.82) is 0 Å². The minimum Gasteiger partial charge on any atom is -0.493 e. The summed E-state index contributed by atoms with van der Waals surface area (Å²) in [6, 6.07) is 17.7. The van der Waals surface area contributed by atoms with Crippen LogP contribution >= 0.6 is 0 Å². The molecule has 35 heavy (non-hydrogen) atoms. The second kappa shape index (κ2) is 15.3. The molecule has 2 nitrogen and oxygen atoms in total. The van der Waals surface area contributed by atoms with Crippen molar-refractivity contribution in [2.75, 3.05) is 0 Å². The van der Waals surface area contributed by atoms with Gasteiger partial charge in [-0.25, -0.2) is 4.70 Å². The van der Waals surface area contributed by atoms with Gasteiger partial charge in [0.15, 0.2) is 0 Å². The molecule has 2 aromatic carbocycles. The SMILES string of the molecule is CCCCCCC1=C(c2cccc(CC)c2)[N+](=[N-])C(c2ccc(CCCC)cc2)=C1CCCC.[Pd]. The summed E-state index contributed by atoms with van der Waals surface area (Å²) in [5, 5.41) is 0. The van der Waals surface area contributed by atoms with E-state index in [9.17, 15) is 5.53 Å². The fourth-order valence-corrected chi connectivity index (χ4v) is 5.02. The van der Waals surface area contributed by atoms with Crippen molar-refractivity contribution in [3.05, 3.63) is 87.5 Å². The molecule has 192 valence electrons. The average molecular weight is 563 g/mol. The molecule has 0 aliphatic carbocycles. The molecule has 0 bridgehead atoms. The van der Waals surface area contributed by atoms with Gasteiger partial charge in [0, 0.05) is 42.7 Å². The van der Waals surface area contributed by atoms with E-state index in [1.807, 2.05) is 0 Å². The molecule has 0 amide bonds. The van der Waals surface area contributed by atoms with E-state index in [0.717, 1.165) is 61.0 Å². The molecule has 0 fully saturated rings. The number of hydrogen-bond donors (Lipinski definition) is 0. The van der Waals surface area contributed by atoms with Crippen molar-refractivity contribution in [2.45, 2.75) is 105 Å². The number of allylic oxidation sites excluding steroid dienone is 2. The zero-order valence-corrected chi connectivity index (χ0v) is 23.9. The Labute approximate surface area is 228 Å². The summed E-state index contributed by atoms with van der Waals surface area (Å²) in [4.78, 5) is 0. The standard InChI is InChI=1S/C32H44N2.Pd/c1-5-9-12-13-19-30-29(18-11-7-3)31(27-22-20-26(21-23-27)15-10-6-2)34(33)32(30)28-17-14-16-25(8-4)24-28;/h14,16-17,20-24H,5-13,15,18-19H2,1-4H3;. The van der Waals surface area contributed by atoms with E-state index in [2.05, 4.69) is 76.2 Å². The van der Waals surface area contributed by atoms with Gasteiger partial charge in [-0.2, -0.15) is 0 Å². The van der Waals surface area contributed by atoms with Crippen LogP contribution in [-0.4, -0.2) is 4.70 Å². The third-order valence-electron chi connectivity index (χ3n) is 7.08. The van der Waals surface area contributed by atoms with Gasteiger partial charge in [-0.05, 0) is 80.3 Å². The van der Waals surface area contributed by atoms with E-state index < -0.39 is 0 Å². The van der Waals surface area contributed by atoms with Gasteiger partial charge in [-0.3, -0.25) is 0 Å². The zero-order chi connectivity index (χ0) is 24.3. The summed E-state index contributed by atoms with van der Waals surface area (Å²) in [6.07, 6.45) is 13.8. The molecular formula is C32H44N2Pd. The fourth-order valence-electron chi connectivity index (χ4n) is 5.02. The fraction of sp³-hybridized carbons (Fsp3) is 0.500. The first-order valence-corrected chi connectivity index (χ1v) is 13.8. The van der Waals surface area contributed by atoms with E-state index in [4.69, 9.17) is 0 Å². The van der Waals surface area contributed by atoms with Gasteiger partial charge < -0.3 is 5.53 Å². The van der Waals surface area contributed by atoms with E-state index >= 15 is 0 Å². The second-order valence-electron chi connectivity index (χ2n) is 9.73. The molecule has 3 heteroatoms. The molecule has 0 aromatic heterocycles. The van der Waals surface area contributed by atoms with Crippen LogP contribution < -0.4 is 0 Å². The molecule has 3 rings (SSSR count). The largest absolute Gasteiger partial charge is 0.493 e. The van der Waals surface area contributed by atoms with Gasteiger partial charge in [0.2, 0.25) is 11.4 Å². The van der Waals surface area contributed by atoms with Crippen LogP contribution in [0.25, 0.3) is 16.9 Å². The van der Waals surface area contributed by atoms with E-state index in [0.29, 0.717) is 0 Å². The summed E-state index contributed by atoms with van der Waals surface area (Å²) >= 11 is 0. The van der Waals surface area contributed by atoms with Crippen LogP contribution in [0.1, 0.15) is 114 Å². The van der Waals surface area contributed by atoms with Gasteiger partial charge in [-0.15, -0.1) is 0 Å². The molecule has 1 aliphatic heterocycles. The molecule has 0 saturated carbocycles. The first-order valence-electron chi connectivity index (χ1n) is 13.8. The Bertz CT molecular complexity index is 1010. The van der Waals surface area contributed by atoms with Crippen LogP contribution in [0.15, 0.2) is 59.7 Å². The molecule has 1 heterocycles. The van der Waals surface area contributed by atoms with Gasteiger partial charge >= 0.3 is 0 Å². The van der Waals surface area contributed by atoms with E-state index in [-0.39, 0.29) is 20.4 Å². The first kappa shape index (κ1) is 29.4. The molecule has 0 spiro atoms. The Balaban J connectivity index is 0.00000432. The van der Waals surface area contributed by atoms with E-state index in [1.165, 1.54) is 65.5 Å². The van der Waals surface area contributed by atoms with Crippen LogP contribution in [0.5, 0.6) is 0 Å². The first-order chi connectivity index (χ1) is 16.6. The molecular weight excluding hydrogens is 519 g/mol. The van der Waals surface area contributed by atoms with Crippen molar-refractivity contribution in [2.24, 2.45) is 0 Å². The van der Waals surface area contributed by atoms with Gasteiger partial charge in [-0.1, -0.05) is 84.1 Å². The predicted octanol–water partition coefficient (Wildman–Crippen LogP) is 9.92. The molecule has 0 atom stereocenters. The maximum atomic E-state index is 11.7. The third-order valence-corrected chi connectivity index (χ3v) is 7.08. The van der Waals surface area contributed by atoms with E-state index in [1.54, 1.807) is 0 Å². The summed E-state index contributed by atoms with van der Waals surface area (Å²) in [5.74, 6) is 0. The van der Waals surface area contributed by atoms with Crippen LogP contribution in [0.2, 0.25) is 0 Å². The predicted molar refractivity (Wildman–Crippen MR) is 147 cm³/mol. The maximum absolute atomic E-state index is 11.7. The molecule has 2 aromatic rings. The summed E-state index contributed by atoms with van der Waals surface area (Å²) in [7, 11) is 0. The minimum atomic E-state index is 0. The number of rotatable bonds is 14. The van der Waals surface area contributed by atoms with Crippen LogP contribution in [0.3, 0.4) is 0 Å². The summed E-state index contributed by atoms with van der Waals surface area (Å²) < 4.78 is 1.52. The minimum absolute atomic E-state index is 0. The van der Waals surface area contributed by atoms with Gasteiger partial charge in [0.25, 0.3) is 0 Å². The second-order valence-corrected chi connectivity index (χ2v) is 9.73. The van der Waals surface area contributed by atoms with Crippen molar-refractivity contribution < 1.29 is 25.1 Å². The molecule has 0 radical (unpaired) electrons. The number of unbranched alkanes of at least 4 members (excludes halogenated alkanes) is 5. The van der Waals surface area contributed by atoms with Gasteiger partial charge in [0.05, 0.1) is 0 Å². The Kier molecular flexibility index (Phi) is 12.9. The Morgan fingerprint density at radius 2 is 1.20 bits per heavy atom. The van der Waals surface area contributed by atoms with Crippen molar-refractivity contribution in [3.63, 3.8) is 0 Å². The number of hydrogen-bond acceptors (Lipinski definition) is 0. The van der Waals surface area contributed by atoms with Crippen molar-refractivity contribution in [3.8, 4) is 0 Å². The topological polar surface area (TPSA) is 25.3 Å². The summed E-state index contributed by atoms with van der Waals surface area (Å²) in [5.41, 5.74) is 21.3. The normalized spacial score (nSPS) is 13.5. The Morgan fingerprint density at radius 3 is 1.83 bits per heavy atom. The Morgan fingerprint density at radius 1 is 0.600 bits per heavy atom. The average Bonchev–Trinajstić information content (AvgIpc) is 3.15. The number of benzene rings is 2. The van der Waals surface area contributed by atoms with Crippen molar-refractivity contribution >= 4 is 11.4 Å². The third kappa shape index (κ3) is 7.58. The number of aryl methyl sites for hydroxylation is 2. The number of nitrogens with zero attached hydrogens (tertiary/aromatic N) is 2. The zero-order valence-electron chi connectivity index (χ0n) is 22.3. The summed E-state index contributed by atoms with van der Waals surface area (Å²) in [6.45, 7) is 8.95. The van der Waals surface area contributed by atoms with Crippen LogP contribution in [0, 0.1) is 0 Å². The van der Waals surface area contributed by atoms with Crippen LogP contribution in [-0.2, 0) is 33.3 Å².